The molecule has 0 N–H and O–H groups in total. The summed E-state index contributed by atoms with van der Waals surface area (Å²) in [6.07, 6.45) is 6.90. The molecule has 0 aromatic heterocycles. The molecule has 4 aromatic rings. The molecule has 0 saturated carbocycles. The van der Waals surface area contributed by atoms with E-state index >= 15 is 0 Å². The van der Waals surface area contributed by atoms with Crippen LogP contribution in [0.15, 0.2) is 77.3 Å². The predicted octanol–water partition coefficient (Wildman–Crippen LogP) is 6.92. The van der Waals surface area contributed by atoms with Crippen molar-refractivity contribution in [3.8, 4) is 0 Å². The quantitative estimate of drug-likeness (QED) is 0.309. The maximum Gasteiger partial charge on any atom is 0.0210 e. The van der Waals surface area contributed by atoms with E-state index in [0.717, 1.165) is 12.8 Å². The van der Waals surface area contributed by atoms with Gasteiger partial charge in [-0.3, -0.25) is 0 Å². The van der Waals surface area contributed by atoms with Gasteiger partial charge in [-0.1, -0.05) is 102 Å². The molecule has 1 atom stereocenters. The van der Waals surface area contributed by atoms with E-state index in [1.165, 1.54) is 42.0 Å². The van der Waals surface area contributed by atoms with Crippen molar-refractivity contribution < 1.29 is 0 Å². The number of hydrogen-bond donors (Lipinski definition) is 0. The first-order valence-corrected chi connectivity index (χ1v) is 10.8. The molecule has 0 aliphatic carbocycles. The third-order valence-electron chi connectivity index (χ3n) is 5.69. The van der Waals surface area contributed by atoms with Gasteiger partial charge in [0.2, 0.25) is 0 Å². The maximum atomic E-state index is 3.70. The highest BCUT2D eigenvalue weighted by Crippen LogP contribution is 2.28. The van der Waals surface area contributed by atoms with Gasteiger partial charge in [0.1, 0.15) is 0 Å². The van der Waals surface area contributed by atoms with Crippen LogP contribution in [0.25, 0.3) is 33.7 Å². The molecule has 0 nitrogen and oxygen atoms in total. The van der Waals surface area contributed by atoms with Crippen molar-refractivity contribution in [2.24, 2.45) is 0 Å². The lowest BCUT2D eigenvalue weighted by molar-refractivity contribution is 0.699. The molecule has 1 heteroatoms. The first-order chi connectivity index (χ1) is 13.7. The van der Waals surface area contributed by atoms with Crippen LogP contribution in [0, 0.1) is 0 Å². The maximum absolute atomic E-state index is 3.70. The summed E-state index contributed by atoms with van der Waals surface area (Å²) in [6, 6.07) is 26.1. The topological polar surface area (TPSA) is 0 Å². The highest BCUT2D eigenvalue weighted by molar-refractivity contribution is 9.10. The molecule has 0 spiro atoms. The Morgan fingerprint density at radius 3 is 1.89 bits per heavy atom. The molecule has 28 heavy (non-hydrogen) atoms. The second-order valence-corrected chi connectivity index (χ2v) is 8.27. The number of fused-ring (bicyclic) bond motifs is 3. The largest absolute Gasteiger partial charge is 0.0791 e. The highest BCUT2D eigenvalue weighted by atomic mass is 79.9. The minimum Gasteiger partial charge on any atom is -0.0791 e. The molecule has 0 amide bonds. The molecule has 0 heterocycles. The minimum atomic E-state index is 0.521. The summed E-state index contributed by atoms with van der Waals surface area (Å²) >= 11 is 3.70. The zero-order valence-corrected chi connectivity index (χ0v) is 18.0. The van der Waals surface area contributed by atoms with E-state index in [2.05, 4.69) is 115 Å². The molecule has 0 radical (unpaired) electrons. The lowest BCUT2D eigenvalue weighted by atomic mass is 9.94. The fourth-order valence-electron chi connectivity index (χ4n) is 4.23. The van der Waals surface area contributed by atoms with Crippen molar-refractivity contribution in [3.05, 3.63) is 93.3 Å². The van der Waals surface area contributed by atoms with E-state index in [1.54, 1.807) is 0 Å². The van der Waals surface area contributed by atoms with Crippen molar-refractivity contribution in [1.29, 1.82) is 0 Å². The molecule has 0 aliphatic heterocycles. The van der Waals surface area contributed by atoms with Crippen LogP contribution in [0.4, 0.5) is 0 Å². The van der Waals surface area contributed by atoms with Gasteiger partial charge in [-0.15, -0.1) is 0 Å². The third kappa shape index (κ3) is 3.52. The van der Waals surface area contributed by atoms with Gasteiger partial charge in [0.15, 0.2) is 0 Å². The first-order valence-electron chi connectivity index (χ1n) is 10.0. The van der Waals surface area contributed by atoms with Crippen LogP contribution in [-0.2, 0) is 0 Å². The van der Waals surface area contributed by atoms with Crippen molar-refractivity contribution in [1.82, 2.24) is 0 Å². The van der Waals surface area contributed by atoms with Crippen LogP contribution in [0.1, 0.15) is 38.2 Å². The average molecular weight is 429 g/mol. The molecule has 0 saturated heterocycles. The van der Waals surface area contributed by atoms with Crippen LogP contribution >= 0.6 is 15.9 Å². The van der Waals surface area contributed by atoms with Crippen molar-refractivity contribution in [3.63, 3.8) is 0 Å². The fraction of sp³-hybridized carbons (Fsp3) is 0.185. The Morgan fingerprint density at radius 2 is 1.29 bits per heavy atom. The van der Waals surface area contributed by atoms with Gasteiger partial charge in [-0.05, 0) is 69.3 Å². The predicted molar refractivity (Wildman–Crippen MR) is 127 cm³/mol. The van der Waals surface area contributed by atoms with Gasteiger partial charge < -0.3 is 0 Å². The summed E-state index contributed by atoms with van der Waals surface area (Å²) in [5.74, 6) is 0.521. The first kappa shape index (κ1) is 19.0. The lowest BCUT2D eigenvalue weighted by Gasteiger charge is -2.13. The van der Waals surface area contributed by atoms with Gasteiger partial charge in [0, 0.05) is 4.47 Å². The molecular formula is C27H25Br. The third-order valence-corrected chi connectivity index (χ3v) is 6.41. The smallest absolute Gasteiger partial charge is 0.0210 e. The molecule has 0 fully saturated rings. The Balaban J connectivity index is 1.80. The number of hydrogen-bond acceptors (Lipinski definition) is 0. The Kier molecular flexibility index (Phi) is 5.64. The van der Waals surface area contributed by atoms with E-state index in [1.807, 2.05) is 0 Å². The molecule has 1 unspecified atom stereocenters. The van der Waals surface area contributed by atoms with Gasteiger partial charge >= 0.3 is 0 Å². The zero-order chi connectivity index (χ0) is 19.5. The minimum absolute atomic E-state index is 0.521. The molecule has 4 aromatic carbocycles. The zero-order valence-electron chi connectivity index (χ0n) is 16.5. The van der Waals surface area contributed by atoms with Crippen LogP contribution < -0.4 is 10.4 Å². The van der Waals surface area contributed by atoms with Crippen LogP contribution in [0.5, 0.6) is 0 Å². The molecule has 0 aliphatic rings. The molecule has 4 rings (SSSR count). The molecular weight excluding hydrogens is 404 g/mol. The van der Waals surface area contributed by atoms with E-state index < -0.39 is 0 Å². The number of benzene rings is 4. The lowest BCUT2D eigenvalue weighted by Crippen LogP contribution is -2.26. The highest BCUT2D eigenvalue weighted by Gasteiger charge is 2.08. The van der Waals surface area contributed by atoms with E-state index in [0.29, 0.717) is 5.92 Å². The second-order valence-electron chi connectivity index (χ2n) is 7.41. The second kappa shape index (κ2) is 8.32. The SMILES string of the molecule is C/C=c1\c(=C/CCC(C)c2ccccc2Br)c2ccccc2c2ccccc12. The van der Waals surface area contributed by atoms with E-state index in [4.69, 9.17) is 0 Å². The van der Waals surface area contributed by atoms with Crippen LogP contribution in [0.2, 0.25) is 0 Å². The Hall–Kier alpha value is -2.38. The van der Waals surface area contributed by atoms with Crippen LogP contribution in [-0.4, -0.2) is 0 Å². The fourth-order valence-corrected chi connectivity index (χ4v) is 4.91. The monoisotopic (exact) mass is 428 g/mol. The van der Waals surface area contributed by atoms with Crippen molar-refractivity contribution >= 4 is 49.6 Å². The van der Waals surface area contributed by atoms with E-state index in [-0.39, 0.29) is 0 Å². The summed E-state index contributed by atoms with van der Waals surface area (Å²) in [6.45, 7) is 4.47. The summed E-state index contributed by atoms with van der Waals surface area (Å²) in [4.78, 5) is 0. The number of halogens is 1. The molecule has 0 bridgehead atoms. The van der Waals surface area contributed by atoms with Crippen LogP contribution in [0.3, 0.4) is 0 Å². The van der Waals surface area contributed by atoms with Gasteiger partial charge in [-0.25, -0.2) is 0 Å². The summed E-state index contributed by atoms with van der Waals surface area (Å²) < 4.78 is 1.21. The Labute approximate surface area is 175 Å². The van der Waals surface area contributed by atoms with Crippen molar-refractivity contribution in [2.45, 2.75) is 32.6 Å². The summed E-state index contributed by atoms with van der Waals surface area (Å²) in [7, 11) is 0. The van der Waals surface area contributed by atoms with E-state index in [9.17, 15) is 0 Å². The Bertz CT molecular complexity index is 1250. The standard InChI is InChI=1S/C27H25Br/c1-3-20-22-13-4-5-14-24(22)26-16-7-6-15-25(26)23(20)17-10-11-19(2)21-12-8-9-18-27(21)28/h3-9,12-19H,10-11H2,1-2H3/b20-3-,23-17+. The average Bonchev–Trinajstić information content (AvgIpc) is 2.74. The summed E-state index contributed by atoms with van der Waals surface area (Å²) in [5.41, 5.74) is 1.39. The van der Waals surface area contributed by atoms with Gasteiger partial charge in [-0.2, -0.15) is 0 Å². The number of rotatable bonds is 4. The summed E-state index contributed by atoms with van der Waals surface area (Å²) in [5, 5.41) is 8.09. The Morgan fingerprint density at radius 1 is 0.750 bits per heavy atom. The van der Waals surface area contributed by atoms with Crippen molar-refractivity contribution in [2.75, 3.05) is 0 Å². The normalized spacial score (nSPS) is 14.1. The molecule has 140 valence electrons. The van der Waals surface area contributed by atoms with Gasteiger partial charge in [0.05, 0.1) is 0 Å². The van der Waals surface area contributed by atoms with Gasteiger partial charge in [0.25, 0.3) is 0 Å².